The summed E-state index contributed by atoms with van der Waals surface area (Å²) in [6, 6.07) is 0. The monoisotopic (exact) mass is 386 g/mol. The maximum Gasteiger partial charge on any atom is -0.00386 e. The van der Waals surface area contributed by atoms with Crippen molar-refractivity contribution in [3.05, 3.63) is 32.5 Å². The molecule has 0 aromatic carbocycles. The minimum Gasteiger partial charge on any atom is -0.103 e. The van der Waals surface area contributed by atoms with Crippen LogP contribution in [0.15, 0.2) is 32.5 Å². The molecule has 0 spiro atoms. The van der Waals surface area contributed by atoms with E-state index in [-0.39, 0.29) is 41.5 Å². The van der Waals surface area contributed by atoms with E-state index in [1.807, 2.05) is 6.08 Å². The van der Waals surface area contributed by atoms with Crippen molar-refractivity contribution in [2.45, 2.75) is 12.8 Å². The fourth-order valence-electron chi connectivity index (χ4n) is 0.738. The summed E-state index contributed by atoms with van der Waals surface area (Å²) in [5.41, 5.74) is 0. The lowest BCUT2D eigenvalue weighted by Gasteiger charge is -1.96. The second-order valence-electron chi connectivity index (χ2n) is 2.24. The van der Waals surface area contributed by atoms with Crippen molar-refractivity contribution < 1.29 is 0 Å². The minimum absolute atomic E-state index is 0.257. The largest absolute Gasteiger partial charge is 0.103 e. The number of halogens is 2. The van der Waals surface area contributed by atoms with Crippen LogP contribution in [0, 0.1) is 0 Å². The van der Waals surface area contributed by atoms with Crippen LogP contribution < -0.4 is 0 Å². The number of rotatable bonds is 4. The summed E-state index contributed by atoms with van der Waals surface area (Å²) in [4.78, 5) is 0. The summed E-state index contributed by atoms with van der Waals surface area (Å²) in [7, 11) is 0. The zero-order valence-electron chi connectivity index (χ0n) is 6.84. The Kier molecular flexibility index (Phi) is 6.02. The molecule has 0 saturated heterocycles. The highest BCUT2D eigenvalue weighted by atomic mass is 127. The Labute approximate surface area is 93.9 Å². The van der Waals surface area contributed by atoms with Gasteiger partial charge in [-0.25, -0.2) is 0 Å². The zero-order chi connectivity index (χ0) is 8.65. The van der Waals surface area contributed by atoms with Crippen LogP contribution >= 0.6 is 41.5 Å². The van der Waals surface area contributed by atoms with Gasteiger partial charge in [0.1, 0.15) is 0 Å². The van der Waals surface area contributed by atoms with Gasteiger partial charge in [-0.3, -0.25) is 0 Å². The summed E-state index contributed by atoms with van der Waals surface area (Å²) in [6.07, 6.45) is 8.61. The molecule has 0 N–H and O–H groups in total. The molecule has 1 aliphatic heterocycles. The van der Waals surface area contributed by atoms with E-state index in [9.17, 15) is 0 Å². The SMILES string of the molecule is C=CC/C=C/CC1=CI=CC=I1. The van der Waals surface area contributed by atoms with E-state index in [0.29, 0.717) is 0 Å². The van der Waals surface area contributed by atoms with Crippen molar-refractivity contribution in [1.29, 1.82) is 0 Å². The molecule has 0 nitrogen and oxygen atoms in total. The highest BCUT2D eigenvalue weighted by Crippen LogP contribution is 2.24. The summed E-state index contributed by atoms with van der Waals surface area (Å²) < 4.78 is 8.96. The first-order valence-electron chi connectivity index (χ1n) is 3.79. The molecule has 12 heavy (non-hydrogen) atoms. The molecule has 0 radical (unpaired) electrons. The number of allylic oxidation sites excluding steroid dienone is 4. The van der Waals surface area contributed by atoms with E-state index in [1.54, 1.807) is 3.58 Å². The van der Waals surface area contributed by atoms with Crippen molar-refractivity contribution in [1.82, 2.24) is 0 Å². The standard InChI is InChI=1S/C10H12I2/c1-2-3-4-5-6-10-9-11-7-8-12-10/h2,4-5,7-9H,1,3,6H2/b5-4+. The van der Waals surface area contributed by atoms with Crippen LogP contribution in [-0.2, 0) is 0 Å². The normalized spacial score (nSPS) is 16.5. The molecule has 0 unspecified atom stereocenters. The van der Waals surface area contributed by atoms with Crippen molar-refractivity contribution in [3.63, 3.8) is 0 Å². The molecule has 1 heterocycles. The quantitative estimate of drug-likeness (QED) is 0.508. The lowest BCUT2D eigenvalue weighted by Crippen LogP contribution is -1.73. The first-order chi connectivity index (χ1) is 5.93. The number of hydrogen-bond donors (Lipinski definition) is 0. The Morgan fingerprint density at radius 1 is 1.33 bits per heavy atom. The fraction of sp³-hybridized carbons (Fsp3) is 0.200. The van der Waals surface area contributed by atoms with Gasteiger partial charge >= 0.3 is 0 Å². The topological polar surface area (TPSA) is 0 Å². The molecule has 66 valence electrons. The average molecular weight is 386 g/mol. The fourth-order valence-corrected chi connectivity index (χ4v) is 6.78. The summed E-state index contributed by atoms with van der Waals surface area (Å²) in [5, 5.41) is 0. The van der Waals surface area contributed by atoms with E-state index in [1.165, 1.54) is 6.42 Å². The predicted molar refractivity (Wildman–Crippen MR) is 76.8 cm³/mol. The van der Waals surface area contributed by atoms with Gasteiger partial charge in [-0.1, -0.05) is 59.7 Å². The Morgan fingerprint density at radius 2 is 2.25 bits per heavy atom. The van der Waals surface area contributed by atoms with Gasteiger partial charge in [-0.15, -0.1) is 6.58 Å². The second-order valence-corrected chi connectivity index (χ2v) is 7.03. The van der Waals surface area contributed by atoms with E-state index in [0.717, 1.165) is 6.42 Å². The Morgan fingerprint density at radius 3 is 2.92 bits per heavy atom. The second kappa shape index (κ2) is 6.88. The van der Waals surface area contributed by atoms with Crippen molar-refractivity contribution in [2.24, 2.45) is 0 Å². The Balaban J connectivity index is 2.32. The maximum atomic E-state index is 3.68. The minimum atomic E-state index is 0.257. The highest BCUT2D eigenvalue weighted by Gasteiger charge is 1.90. The molecule has 0 atom stereocenters. The molecule has 0 aromatic rings. The van der Waals surface area contributed by atoms with Crippen LogP contribution in [0.25, 0.3) is 0 Å². The molecule has 0 aromatic heterocycles. The van der Waals surface area contributed by atoms with Crippen LogP contribution in [0.5, 0.6) is 0 Å². The van der Waals surface area contributed by atoms with Crippen LogP contribution in [0.2, 0.25) is 0 Å². The van der Waals surface area contributed by atoms with E-state index < -0.39 is 0 Å². The molecule has 0 fully saturated rings. The van der Waals surface area contributed by atoms with Crippen LogP contribution in [0.4, 0.5) is 0 Å². The van der Waals surface area contributed by atoms with Gasteiger partial charge in [0.05, 0.1) is 0 Å². The van der Waals surface area contributed by atoms with E-state index >= 15 is 0 Å². The van der Waals surface area contributed by atoms with Crippen LogP contribution in [-0.4, -0.2) is 8.02 Å². The highest BCUT2D eigenvalue weighted by molar-refractivity contribution is 14.2. The molecule has 0 aliphatic carbocycles. The van der Waals surface area contributed by atoms with Crippen molar-refractivity contribution >= 4 is 49.5 Å². The summed E-state index contributed by atoms with van der Waals surface area (Å²) in [5.74, 6) is 0. The summed E-state index contributed by atoms with van der Waals surface area (Å²) in [6.45, 7) is 3.68. The lowest BCUT2D eigenvalue weighted by atomic mass is 10.3. The van der Waals surface area contributed by atoms with E-state index in [4.69, 9.17) is 0 Å². The van der Waals surface area contributed by atoms with Gasteiger partial charge in [-0.05, 0) is 28.5 Å². The van der Waals surface area contributed by atoms with Gasteiger partial charge in [0.25, 0.3) is 0 Å². The molecule has 1 aliphatic rings. The maximum absolute atomic E-state index is 3.68. The molecule has 0 amide bonds. The average Bonchev–Trinajstić information content (AvgIpc) is 2.14. The Hall–Kier alpha value is 0.420. The third-order valence-corrected chi connectivity index (χ3v) is 8.01. The third-order valence-electron chi connectivity index (χ3n) is 1.29. The van der Waals surface area contributed by atoms with Gasteiger partial charge in [-0.2, -0.15) is 0 Å². The Bertz CT molecular complexity index is 257. The van der Waals surface area contributed by atoms with Gasteiger partial charge < -0.3 is 0 Å². The smallest absolute Gasteiger partial charge is 0.00386 e. The van der Waals surface area contributed by atoms with Gasteiger partial charge in [0.2, 0.25) is 0 Å². The number of hydrogen-bond acceptors (Lipinski definition) is 0. The molecular weight excluding hydrogens is 374 g/mol. The van der Waals surface area contributed by atoms with Gasteiger partial charge in [0.15, 0.2) is 0 Å². The van der Waals surface area contributed by atoms with Crippen LogP contribution in [0.3, 0.4) is 0 Å². The van der Waals surface area contributed by atoms with E-state index in [2.05, 4.69) is 30.8 Å². The summed E-state index contributed by atoms with van der Waals surface area (Å²) >= 11 is 0.537. The molecule has 2 heteroatoms. The molecule has 0 saturated carbocycles. The first-order valence-corrected chi connectivity index (χ1v) is 8.60. The van der Waals surface area contributed by atoms with Crippen LogP contribution in [0.1, 0.15) is 12.8 Å². The predicted octanol–water partition coefficient (Wildman–Crippen LogP) is 3.91. The van der Waals surface area contributed by atoms with Gasteiger partial charge in [0, 0.05) is 0 Å². The van der Waals surface area contributed by atoms with Crippen molar-refractivity contribution in [2.75, 3.05) is 0 Å². The lowest BCUT2D eigenvalue weighted by molar-refractivity contribution is 1.31. The molecular formula is C10H12I2. The first kappa shape index (κ1) is 10.5. The van der Waals surface area contributed by atoms with Crippen molar-refractivity contribution in [3.8, 4) is 0 Å². The zero-order valence-corrected chi connectivity index (χ0v) is 11.2. The molecule has 1 rings (SSSR count). The third kappa shape index (κ3) is 4.45. The molecule has 0 bridgehead atoms.